The van der Waals surface area contributed by atoms with Crippen LogP contribution < -0.4 is 5.32 Å². The molecule has 0 saturated heterocycles. The van der Waals surface area contributed by atoms with Gasteiger partial charge in [-0.05, 0) is 38.6 Å². The van der Waals surface area contributed by atoms with Gasteiger partial charge < -0.3 is 14.8 Å². The fraction of sp³-hybridized carbons (Fsp3) is 0.353. The van der Waals surface area contributed by atoms with Crippen molar-refractivity contribution in [3.8, 4) is 0 Å². The van der Waals surface area contributed by atoms with Crippen LogP contribution in [0.2, 0.25) is 0 Å². The average molecular weight is 393 g/mol. The van der Waals surface area contributed by atoms with Gasteiger partial charge in [-0.1, -0.05) is 12.1 Å². The van der Waals surface area contributed by atoms with Crippen LogP contribution in [0.3, 0.4) is 0 Å². The number of carbonyl (C=O) groups is 2. The molecule has 1 heterocycles. The molecule has 0 bridgehead atoms. The second-order valence-corrected chi connectivity index (χ2v) is 6.40. The van der Waals surface area contributed by atoms with Crippen LogP contribution >= 0.6 is 12.2 Å². The Hall–Kier alpha value is -3.01. The molecule has 0 spiro atoms. The highest BCUT2D eigenvalue weighted by atomic mass is 32.1. The van der Waals surface area contributed by atoms with Gasteiger partial charge in [0.05, 0.1) is 23.7 Å². The van der Waals surface area contributed by atoms with Gasteiger partial charge in [0.15, 0.2) is 5.11 Å². The first kappa shape index (κ1) is 20.3. The van der Waals surface area contributed by atoms with Crippen molar-refractivity contribution in [1.82, 2.24) is 10.2 Å². The second-order valence-electron chi connectivity index (χ2n) is 6.02. The van der Waals surface area contributed by atoms with Gasteiger partial charge in [-0.25, -0.2) is 14.5 Å². The van der Waals surface area contributed by atoms with E-state index in [1.54, 1.807) is 26.8 Å². The summed E-state index contributed by atoms with van der Waals surface area (Å²) >= 11 is 5.23. The van der Waals surface area contributed by atoms with Gasteiger partial charge in [-0.2, -0.15) is 0 Å². The van der Waals surface area contributed by atoms with E-state index in [2.05, 4.69) is 5.32 Å². The monoisotopic (exact) mass is 393 g/mol. The first-order valence-electron chi connectivity index (χ1n) is 8.01. The van der Waals surface area contributed by atoms with Crippen LogP contribution in [0.5, 0.6) is 0 Å². The van der Waals surface area contributed by atoms with Gasteiger partial charge in [0, 0.05) is 17.8 Å². The third kappa shape index (κ3) is 4.22. The number of esters is 1. The number of carbonyl (C=O) groups excluding carboxylic acids is 2. The zero-order valence-electron chi connectivity index (χ0n) is 15.2. The summed E-state index contributed by atoms with van der Waals surface area (Å²) in [7, 11) is 1.17. The Labute approximate surface area is 161 Å². The number of thiocarbonyl (C=S) groups is 1. The van der Waals surface area contributed by atoms with Gasteiger partial charge in [0.2, 0.25) is 0 Å². The van der Waals surface area contributed by atoms with Crippen LogP contribution in [0.4, 0.5) is 10.5 Å². The van der Waals surface area contributed by atoms with Crippen molar-refractivity contribution in [3.05, 3.63) is 51.2 Å². The van der Waals surface area contributed by atoms with E-state index < -0.39 is 29.1 Å². The number of benzene rings is 1. The summed E-state index contributed by atoms with van der Waals surface area (Å²) in [5.74, 6) is -0.664. The number of rotatable bonds is 4. The minimum absolute atomic E-state index is 0.0111. The van der Waals surface area contributed by atoms with Crippen molar-refractivity contribution >= 4 is 35.1 Å². The Morgan fingerprint density at radius 1 is 1.37 bits per heavy atom. The molecule has 0 aromatic heterocycles. The molecule has 2 rings (SSSR count). The van der Waals surface area contributed by atoms with Gasteiger partial charge >= 0.3 is 12.1 Å². The summed E-state index contributed by atoms with van der Waals surface area (Å²) in [6.07, 6.45) is -1.21. The summed E-state index contributed by atoms with van der Waals surface area (Å²) in [6, 6.07) is 4.60. The normalized spacial score (nSPS) is 16.9. The van der Waals surface area contributed by atoms with E-state index in [0.29, 0.717) is 11.3 Å². The lowest BCUT2D eigenvalue weighted by atomic mass is 9.94. The van der Waals surface area contributed by atoms with E-state index in [1.807, 2.05) is 0 Å². The molecule has 1 unspecified atom stereocenters. The first-order chi connectivity index (χ1) is 12.7. The van der Waals surface area contributed by atoms with Crippen molar-refractivity contribution < 1.29 is 24.0 Å². The SMILES string of the molecule is COC(=O)N1C(=S)NC(C)=C(C(=O)OC(C)C)C1c1cccc([N+](=O)[O-])c1. The maximum Gasteiger partial charge on any atom is 0.416 e. The lowest BCUT2D eigenvalue weighted by molar-refractivity contribution is -0.384. The lowest BCUT2D eigenvalue weighted by Gasteiger charge is -2.37. The Kier molecular flexibility index (Phi) is 6.11. The molecule has 0 aliphatic carbocycles. The molecule has 1 aliphatic rings. The quantitative estimate of drug-likeness (QED) is 0.360. The van der Waals surface area contributed by atoms with Crippen molar-refractivity contribution in [2.45, 2.75) is 32.9 Å². The maximum absolute atomic E-state index is 12.7. The van der Waals surface area contributed by atoms with E-state index in [4.69, 9.17) is 21.7 Å². The number of nitrogens with one attached hydrogen (secondary N) is 1. The number of hydrogen-bond donors (Lipinski definition) is 1. The first-order valence-corrected chi connectivity index (χ1v) is 8.42. The largest absolute Gasteiger partial charge is 0.459 e. The highest BCUT2D eigenvalue weighted by molar-refractivity contribution is 7.80. The molecule has 27 heavy (non-hydrogen) atoms. The number of nitro benzene ring substituents is 1. The smallest absolute Gasteiger partial charge is 0.416 e. The number of hydrogen-bond acceptors (Lipinski definition) is 7. The standard InChI is InChI=1S/C17H19N3O6S/c1-9(2)26-15(21)13-10(3)18-16(27)19(17(22)25-4)14(13)11-6-5-7-12(8-11)20(23)24/h5-9,14H,1-4H3,(H,18,27). The predicted molar refractivity (Wildman–Crippen MR) is 99.7 cm³/mol. The van der Waals surface area contributed by atoms with Crippen molar-refractivity contribution in [1.29, 1.82) is 0 Å². The summed E-state index contributed by atoms with van der Waals surface area (Å²) < 4.78 is 10.1. The van der Waals surface area contributed by atoms with E-state index in [0.717, 1.165) is 4.90 Å². The Balaban J connectivity index is 2.67. The molecular formula is C17H19N3O6S. The zero-order chi connectivity index (χ0) is 20.3. The van der Waals surface area contributed by atoms with E-state index in [9.17, 15) is 19.7 Å². The number of non-ortho nitro benzene ring substituents is 1. The Bertz CT molecular complexity index is 836. The number of amides is 1. The molecule has 1 aliphatic heterocycles. The average Bonchev–Trinajstić information content (AvgIpc) is 2.59. The van der Waals surface area contributed by atoms with E-state index in [1.165, 1.54) is 25.3 Å². The van der Waals surface area contributed by atoms with Crippen LogP contribution in [0.25, 0.3) is 0 Å². The molecule has 1 aromatic rings. The van der Waals surface area contributed by atoms with Crippen LogP contribution in [-0.2, 0) is 14.3 Å². The maximum atomic E-state index is 12.7. The molecule has 9 nitrogen and oxygen atoms in total. The number of allylic oxidation sites excluding steroid dienone is 1. The second kappa shape index (κ2) is 8.12. The Morgan fingerprint density at radius 3 is 2.59 bits per heavy atom. The third-order valence-corrected chi connectivity index (χ3v) is 4.08. The molecule has 1 aromatic carbocycles. The van der Waals surface area contributed by atoms with Crippen LogP contribution in [0.1, 0.15) is 32.4 Å². The van der Waals surface area contributed by atoms with Gasteiger partial charge in [-0.15, -0.1) is 0 Å². The zero-order valence-corrected chi connectivity index (χ0v) is 16.0. The Morgan fingerprint density at radius 2 is 2.04 bits per heavy atom. The number of ether oxygens (including phenoxy) is 2. The number of nitro groups is 1. The van der Waals surface area contributed by atoms with Crippen molar-refractivity contribution in [2.24, 2.45) is 0 Å². The van der Waals surface area contributed by atoms with E-state index >= 15 is 0 Å². The van der Waals surface area contributed by atoms with Gasteiger partial charge in [0.25, 0.3) is 5.69 Å². The lowest BCUT2D eigenvalue weighted by Crippen LogP contribution is -2.51. The number of methoxy groups -OCH3 is 1. The molecule has 1 amide bonds. The molecule has 0 radical (unpaired) electrons. The van der Waals surface area contributed by atoms with Crippen molar-refractivity contribution in [3.63, 3.8) is 0 Å². The minimum atomic E-state index is -1.03. The molecule has 144 valence electrons. The van der Waals surface area contributed by atoms with Gasteiger partial charge in [-0.3, -0.25) is 10.1 Å². The van der Waals surface area contributed by atoms with E-state index in [-0.39, 0.29) is 16.4 Å². The summed E-state index contributed by atoms with van der Waals surface area (Å²) in [5, 5.41) is 14.0. The van der Waals surface area contributed by atoms with Crippen LogP contribution in [-0.4, -0.2) is 40.2 Å². The van der Waals surface area contributed by atoms with Crippen LogP contribution in [0.15, 0.2) is 35.5 Å². The third-order valence-electron chi connectivity index (χ3n) is 3.78. The fourth-order valence-electron chi connectivity index (χ4n) is 2.69. The highest BCUT2D eigenvalue weighted by Gasteiger charge is 2.41. The molecule has 0 saturated carbocycles. The molecule has 1 atom stereocenters. The molecule has 10 heteroatoms. The predicted octanol–water partition coefficient (Wildman–Crippen LogP) is 2.82. The van der Waals surface area contributed by atoms with Crippen LogP contribution in [0, 0.1) is 10.1 Å². The van der Waals surface area contributed by atoms with Gasteiger partial charge in [0.1, 0.15) is 6.04 Å². The summed E-state index contributed by atoms with van der Waals surface area (Å²) in [5.41, 5.74) is 0.648. The highest BCUT2D eigenvalue weighted by Crippen LogP contribution is 2.36. The molecule has 0 fully saturated rings. The fourth-order valence-corrected chi connectivity index (χ4v) is 3.03. The molecule has 1 N–H and O–H groups in total. The summed E-state index contributed by atoms with van der Waals surface area (Å²) in [6.45, 7) is 4.99. The minimum Gasteiger partial charge on any atom is -0.459 e. The molecular weight excluding hydrogens is 374 g/mol. The van der Waals surface area contributed by atoms with Crippen molar-refractivity contribution in [2.75, 3.05) is 7.11 Å². The topological polar surface area (TPSA) is 111 Å². The number of nitrogens with zero attached hydrogens (tertiary/aromatic N) is 2. The summed E-state index contributed by atoms with van der Waals surface area (Å²) in [4.78, 5) is 36.7.